The van der Waals surface area contributed by atoms with Gasteiger partial charge in [0.05, 0.1) is 5.44 Å². The molecule has 0 fully saturated rings. The average Bonchev–Trinajstić information content (AvgIpc) is 1.88. The van der Waals surface area contributed by atoms with Crippen LogP contribution in [0.2, 0.25) is 0 Å². The second-order valence-electron chi connectivity index (χ2n) is 1.94. The molecule has 0 spiro atoms. The fourth-order valence-electron chi connectivity index (χ4n) is 0.714. The van der Waals surface area contributed by atoms with E-state index in [2.05, 4.69) is 27.2 Å². The summed E-state index contributed by atoms with van der Waals surface area (Å²) in [5, 5.41) is 0. The molecule has 0 aliphatic carbocycles. The van der Waals surface area contributed by atoms with E-state index in [9.17, 15) is 0 Å². The Balaban J connectivity index is 2.94. The zero-order valence-corrected chi connectivity index (χ0v) is 6.62. The van der Waals surface area contributed by atoms with Crippen molar-refractivity contribution in [1.29, 1.82) is 0 Å². The van der Waals surface area contributed by atoms with Gasteiger partial charge in [0, 0.05) is 6.20 Å². The largest absolute Gasteiger partial charge is 0.257 e. The second-order valence-corrected chi connectivity index (χ2v) is 2.53. The van der Waals surface area contributed by atoms with Gasteiger partial charge in [-0.1, -0.05) is 16.2 Å². The molecule has 0 N–H and O–H groups in total. The van der Waals surface area contributed by atoms with Crippen molar-refractivity contribution in [2.75, 3.05) is 0 Å². The minimum Gasteiger partial charge on any atom is -0.257 e. The van der Waals surface area contributed by atoms with E-state index in [-0.39, 0.29) is 0 Å². The Morgan fingerprint density at radius 2 is 2.44 bits per heavy atom. The highest BCUT2D eigenvalue weighted by Crippen LogP contribution is 1.96. The molecular weight excluding hydrogens is 129 g/mol. The van der Waals surface area contributed by atoms with Crippen molar-refractivity contribution in [3.63, 3.8) is 0 Å². The zero-order chi connectivity index (χ0) is 6.69. The third kappa shape index (κ3) is 1.76. The number of aryl methyl sites for hydroxylation is 1. The van der Waals surface area contributed by atoms with Gasteiger partial charge in [0.25, 0.3) is 0 Å². The van der Waals surface area contributed by atoms with Gasteiger partial charge in [-0.3, -0.25) is 4.98 Å². The number of hydrogen-bond acceptors (Lipinski definition) is 1. The van der Waals surface area contributed by atoms with Crippen LogP contribution in [-0.4, -0.2) is 4.98 Å². The molecule has 1 aromatic rings. The first-order valence-electron chi connectivity index (χ1n) is 3.03. The molecule has 48 valence electrons. The van der Waals surface area contributed by atoms with E-state index in [0.29, 0.717) is 0 Å². The van der Waals surface area contributed by atoms with Crippen LogP contribution in [0.1, 0.15) is 12.5 Å². The van der Waals surface area contributed by atoms with Crippen molar-refractivity contribution < 1.29 is 0 Å². The van der Waals surface area contributed by atoms with Gasteiger partial charge in [-0.05, 0) is 24.1 Å². The van der Waals surface area contributed by atoms with E-state index in [4.69, 9.17) is 0 Å². The quantitative estimate of drug-likeness (QED) is 0.532. The lowest BCUT2D eigenvalue weighted by molar-refractivity contribution is 1.13. The smallest absolute Gasteiger partial charge is 0.0571 e. The average molecular weight is 139 g/mol. The number of hydrogen-bond donors (Lipinski definition) is 0. The lowest BCUT2D eigenvalue weighted by Gasteiger charge is -1.94. The first kappa shape index (κ1) is 6.70. The zero-order valence-electron chi connectivity index (χ0n) is 5.46. The molecule has 0 radical (unpaired) electrons. The fourth-order valence-corrected chi connectivity index (χ4v) is 1.01. The minimum atomic E-state index is 1.02. The van der Waals surface area contributed by atoms with Crippen molar-refractivity contribution in [1.82, 2.24) is 4.98 Å². The maximum atomic E-state index is 4.05. The normalized spacial score (nSPS) is 9.56. The van der Waals surface area contributed by atoms with Crippen LogP contribution in [0.5, 0.6) is 0 Å². The van der Waals surface area contributed by atoms with Crippen LogP contribution in [0.3, 0.4) is 0 Å². The van der Waals surface area contributed by atoms with E-state index in [1.165, 1.54) is 5.56 Å². The molecule has 0 aliphatic heterocycles. The van der Waals surface area contributed by atoms with E-state index in [0.717, 1.165) is 11.9 Å². The third-order valence-electron chi connectivity index (χ3n) is 1.25. The van der Waals surface area contributed by atoms with Crippen molar-refractivity contribution in [2.24, 2.45) is 0 Å². The molecule has 0 aromatic carbocycles. The fraction of sp³-hybridized carbons (Fsp3) is 0.286. The predicted octanol–water partition coefficient (Wildman–Crippen LogP) is 1.14. The summed E-state index contributed by atoms with van der Waals surface area (Å²) in [6, 6.07) is 4.11. The molecule has 0 saturated carbocycles. The van der Waals surface area contributed by atoms with Crippen molar-refractivity contribution in [3.05, 3.63) is 23.9 Å². The van der Waals surface area contributed by atoms with E-state index < -0.39 is 0 Å². The molecule has 2 heteroatoms. The summed E-state index contributed by atoms with van der Waals surface area (Å²) in [5.74, 6) is 0. The summed E-state index contributed by atoms with van der Waals surface area (Å²) in [6.45, 7) is 2.14. The van der Waals surface area contributed by atoms with Crippen LogP contribution in [0.4, 0.5) is 0 Å². The molecule has 1 aromatic heterocycles. The standard InChI is InChI=1S/C7H10NP/c1-2-6-3-4-8-7(9)5-6/h3-5H,2,9H2,1H3. The Morgan fingerprint density at radius 1 is 1.67 bits per heavy atom. The molecule has 1 rings (SSSR count). The van der Waals surface area contributed by atoms with Crippen LogP contribution in [0.25, 0.3) is 0 Å². The summed E-state index contributed by atoms with van der Waals surface area (Å²) >= 11 is 0. The number of aromatic nitrogens is 1. The highest BCUT2D eigenvalue weighted by atomic mass is 31.0. The summed E-state index contributed by atoms with van der Waals surface area (Å²) < 4.78 is 0. The van der Waals surface area contributed by atoms with E-state index in [1.54, 1.807) is 0 Å². The molecule has 0 amide bonds. The van der Waals surface area contributed by atoms with Crippen LogP contribution in [0, 0.1) is 0 Å². The summed E-state index contributed by atoms with van der Waals surface area (Å²) in [7, 11) is 2.58. The summed E-state index contributed by atoms with van der Waals surface area (Å²) in [6.07, 6.45) is 2.92. The monoisotopic (exact) mass is 139 g/mol. The van der Waals surface area contributed by atoms with E-state index in [1.807, 2.05) is 12.3 Å². The van der Waals surface area contributed by atoms with Gasteiger partial charge in [0.1, 0.15) is 0 Å². The molecule has 0 saturated heterocycles. The molecular formula is C7H10NP. The Morgan fingerprint density at radius 3 is 2.89 bits per heavy atom. The lowest BCUT2D eigenvalue weighted by Crippen LogP contribution is -1.96. The Kier molecular flexibility index (Phi) is 2.18. The minimum absolute atomic E-state index is 1.02. The Labute approximate surface area is 57.7 Å². The summed E-state index contributed by atoms with van der Waals surface area (Å²) in [4.78, 5) is 4.05. The molecule has 1 atom stereocenters. The molecule has 1 nitrogen and oxygen atoms in total. The molecule has 1 unspecified atom stereocenters. The van der Waals surface area contributed by atoms with Gasteiger partial charge in [-0.15, -0.1) is 0 Å². The van der Waals surface area contributed by atoms with Crippen LogP contribution in [-0.2, 0) is 6.42 Å². The van der Waals surface area contributed by atoms with Crippen molar-refractivity contribution >= 4 is 14.7 Å². The lowest BCUT2D eigenvalue weighted by atomic mass is 10.2. The van der Waals surface area contributed by atoms with Gasteiger partial charge in [-0.2, -0.15) is 0 Å². The maximum absolute atomic E-state index is 4.05. The number of rotatable bonds is 1. The third-order valence-corrected chi connectivity index (χ3v) is 1.57. The Hall–Kier alpha value is -0.420. The maximum Gasteiger partial charge on any atom is 0.0571 e. The topological polar surface area (TPSA) is 12.9 Å². The van der Waals surface area contributed by atoms with Crippen LogP contribution >= 0.6 is 9.24 Å². The van der Waals surface area contributed by atoms with E-state index >= 15 is 0 Å². The SMILES string of the molecule is CCc1ccnc(P)c1. The molecule has 1 heterocycles. The highest BCUT2D eigenvalue weighted by Gasteiger charge is 1.87. The van der Waals surface area contributed by atoms with Gasteiger partial charge >= 0.3 is 0 Å². The highest BCUT2D eigenvalue weighted by molar-refractivity contribution is 7.26. The Bertz CT molecular complexity index is 198. The second kappa shape index (κ2) is 2.93. The number of pyridine rings is 1. The molecule has 0 bridgehead atoms. The van der Waals surface area contributed by atoms with Crippen LogP contribution in [0.15, 0.2) is 18.3 Å². The van der Waals surface area contributed by atoms with Gasteiger partial charge in [-0.25, -0.2) is 0 Å². The first-order valence-corrected chi connectivity index (χ1v) is 3.61. The number of nitrogens with zero attached hydrogens (tertiary/aromatic N) is 1. The van der Waals surface area contributed by atoms with Crippen LogP contribution < -0.4 is 5.44 Å². The van der Waals surface area contributed by atoms with Crippen molar-refractivity contribution in [2.45, 2.75) is 13.3 Å². The molecule has 9 heavy (non-hydrogen) atoms. The predicted molar refractivity (Wildman–Crippen MR) is 43.0 cm³/mol. The molecule has 0 aliphatic rings. The first-order chi connectivity index (χ1) is 4.33. The van der Waals surface area contributed by atoms with Gasteiger partial charge in [0.15, 0.2) is 0 Å². The summed E-state index contributed by atoms with van der Waals surface area (Å²) in [5.41, 5.74) is 2.37. The van der Waals surface area contributed by atoms with Gasteiger partial charge in [0.2, 0.25) is 0 Å². The van der Waals surface area contributed by atoms with Crippen molar-refractivity contribution in [3.8, 4) is 0 Å². The van der Waals surface area contributed by atoms with Gasteiger partial charge < -0.3 is 0 Å².